The molecule has 0 spiro atoms. The number of carbonyl (C=O) groups excluding carboxylic acids is 1. The fraction of sp³-hybridized carbons (Fsp3) is 0.154. The molecule has 1 atom stereocenters. The number of aromatic amines is 1. The number of H-pyrrole nitrogens is 1. The molecule has 0 bridgehead atoms. The highest BCUT2D eigenvalue weighted by atomic mass is 35.5. The van der Waals surface area contributed by atoms with Crippen molar-refractivity contribution in [3.05, 3.63) is 53.1 Å². The van der Waals surface area contributed by atoms with Crippen LogP contribution in [-0.2, 0) is 11.2 Å². The van der Waals surface area contributed by atoms with E-state index in [1.54, 1.807) is 18.2 Å². The third-order valence-corrected chi connectivity index (χ3v) is 2.90. The predicted molar refractivity (Wildman–Crippen MR) is 72.6 cm³/mol. The van der Waals surface area contributed by atoms with Crippen molar-refractivity contribution >= 4 is 23.5 Å². The predicted octanol–water partition coefficient (Wildman–Crippen LogP) is 1.49. The van der Waals surface area contributed by atoms with Gasteiger partial charge in [-0.05, 0) is 18.2 Å². The summed E-state index contributed by atoms with van der Waals surface area (Å²) in [6, 6.07) is 5.27. The number of imidazole rings is 1. The van der Waals surface area contributed by atoms with E-state index in [2.05, 4.69) is 15.3 Å². The lowest BCUT2D eigenvalue weighted by Gasteiger charge is -2.13. The van der Waals surface area contributed by atoms with Gasteiger partial charge in [0, 0.05) is 28.9 Å². The molecule has 1 aromatic carbocycles. The summed E-state index contributed by atoms with van der Waals surface area (Å²) in [5, 5.41) is 12.0. The largest absolute Gasteiger partial charge is 0.480 e. The molecule has 3 N–H and O–H groups in total. The third kappa shape index (κ3) is 3.58. The number of nitrogens with one attached hydrogen (secondary N) is 2. The highest BCUT2D eigenvalue weighted by Gasteiger charge is 2.21. The molecular weight excluding hydrogens is 282 g/mol. The molecule has 0 saturated carbocycles. The van der Waals surface area contributed by atoms with Crippen molar-refractivity contribution in [1.82, 2.24) is 15.3 Å². The minimum atomic E-state index is -1.12. The molecule has 2 aromatic rings. The Bertz CT molecular complexity index is 613. The van der Waals surface area contributed by atoms with Crippen LogP contribution in [-0.4, -0.2) is 33.0 Å². The van der Waals surface area contributed by atoms with E-state index in [4.69, 9.17) is 16.7 Å². The summed E-state index contributed by atoms with van der Waals surface area (Å²) >= 11 is 5.79. The Morgan fingerprint density at radius 1 is 1.45 bits per heavy atom. The van der Waals surface area contributed by atoms with Crippen LogP contribution in [0, 0.1) is 0 Å². The molecule has 0 aliphatic heterocycles. The minimum Gasteiger partial charge on any atom is -0.480 e. The van der Waals surface area contributed by atoms with E-state index in [9.17, 15) is 9.59 Å². The molecule has 6 nitrogen and oxygen atoms in total. The van der Waals surface area contributed by atoms with Crippen molar-refractivity contribution in [1.29, 1.82) is 0 Å². The summed E-state index contributed by atoms with van der Waals surface area (Å²) in [6.07, 6.45) is 3.09. The Morgan fingerprint density at radius 3 is 2.85 bits per heavy atom. The maximum Gasteiger partial charge on any atom is 0.326 e. The van der Waals surface area contributed by atoms with Gasteiger partial charge < -0.3 is 15.4 Å². The number of hydrogen-bond acceptors (Lipinski definition) is 3. The summed E-state index contributed by atoms with van der Waals surface area (Å²) in [6.45, 7) is 0. The smallest absolute Gasteiger partial charge is 0.326 e. The van der Waals surface area contributed by atoms with Gasteiger partial charge in [0.25, 0.3) is 5.91 Å². The molecule has 0 radical (unpaired) electrons. The number of carboxylic acids is 1. The molecule has 104 valence electrons. The monoisotopic (exact) mass is 293 g/mol. The van der Waals surface area contributed by atoms with Crippen molar-refractivity contribution in [2.45, 2.75) is 12.5 Å². The maximum atomic E-state index is 12.0. The first-order chi connectivity index (χ1) is 9.56. The average Bonchev–Trinajstić information content (AvgIpc) is 2.90. The average molecular weight is 294 g/mol. The van der Waals surface area contributed by atoms with Gasteiger partial charge in [-0.25, -0.2) is 9.78 Å². The number of rotatable bonds is 5. The van der Waals surface area contributed by atoms with Gasteiger partial charge in [-0.15, -0.1) is 0 Å². The molecule has 0 aliphatic carbocycles. The number of aromatic nitrogens is 2. The second-order valence-corrected chi connectivity index (χ2v) is 4.59. The van der Waals surface area contributed by atoms with Crippen LogP contribution in [0.25, 0.3) is 0 Å². The van der Waals surface area contributed by atoms with E-state index in [0.29, 0.717) is 16.3 Å². The van der Waals surface area contributed by atoms with Gasteiger partial charge in [0.2, 0.25) is 0 Å². The number of aliphatic carboxylic acids is 1. The summed E-state index contributed by atoms with van der Waals surface area (Å²) in [4.78, 5) is 29.8. The van der Waals surface area contributed by atoms with Crippen molar-refractivity contribution in [3.63, 3.8) is 0 Å². The van der Waals surface area contributed by atoms with Crippen LogP contribution in [0.3, 0.4) is 0 Å². The highest BCUT2D eigenvalue weighted by Crippen LogP contribution is 2.11. The molecule has 1 amide bonds. The summed E-state index contributed by atoms with van der Waals surface area (Å²) in [5.74, 6) is -1.60. The summed E-state index contributed by atoms with van der Waals surface area (Å²) in [5.41, 5.74) is 0.942. The standard InChI is InChI=1S/C13H12ClN3O3/c14-9-3-1-2-8(4-9)12(18)17-11(13(19)20)5-10-6-15-7-16-10/h1-4,6-7,11H,5H2,(H,15,16)(H,17,18)(H,19,20)/t11-/m1/s1. The Balaban J connectivity index is 2.08. The van der Waals surface area contributed by atoms with E-state index in [-0.39, 0.29) is 6.42 Å². The van der Waals surface area contributed by atoms with Crippen LogP contribution in [0.2, 0.25) is 5.02 Å². The lowest BCUT2D eigenvalue weighted by atomic mass is 10.1. The van der Waals surface area contributed by atoms with Crippen LogP contribution in [0.4, 0.5) is 0 Å². The van der Waals surface area contributed by atoms with Gasteiger partial charge in [-0.1, -0.05) is 17.7 Å². The quantitative estimate of drug-likeness (QED) is 0.778. The van der Waals surface area contributed by atoms with Crippen molar-refractivity contribution in [2.24, 2.45) is 0 Å². The number of halogens is 1. The second-order valence-electron chi connectivity index (χ2n) is 4.16. The molecule has 1 aromatic heterocycles. The normalized spacial score (nSPS) is 11.8. The Hall–Kier alpha value is -2.34. The van der Waals surface area contributed by atoms with Gasteiger partial charge in [0.15, 0.2) is 0 Å². The first-order valence-electron chi connectivity index (χ1n) is 5.83. The van der Waals surface area contributed by atoms with Gasteiger partial charge >= 0.3 is 5.97 Å². The van der Waals surface area contributed by atoms with E-state index < -0.39 is 17.9 Å². The molecule has 2 rings (SSSR count). The second kappa shape index (κ2) is 6.21. The molecule has 0 aliphatic rings. The van der Waals surface area contributed by atoms with Gasteiger partial charge in [0.1, 0.15) is 6.04 Å². The molecular formula is C13H12ClN3O3. The van der Waals surface area contributed by atoms with E-state index in [1.807, 2.05) is 0 Å². The van der Waals surface area contributed by atoms with Crippen molar-refractivity contribution < 1.29 is 14.7 Å². The van der Waals surface area contributed by atoms with E-state index in [1.165, 1.54) is 18.6 Å². The van der Waals surface area contributed by atoms with Crippen LogP contribution >= 0.6 is 11.6 Å². The molecule has 0 fully saturated rings. The Labute approximate surface area is 119 Å². The lowest BCUT2D eigenvalue weighted by molar-refractivity contribution is -0.139. The fourth-order valence-electron chi connectivity index (χ4n) is 1.69. The SMILES string of the molecule is O=C(N[C@H](Cc1cnc[nH]1)C(=O)O)c1cccc(Cl)c1. The lowest BCUT2D eigenvalue weighted by Crippen LogP contribution is -2.42. The molecule has 7 heteroatoms. The van der Waals surface area contributed by atoms with E-state index in [0.717, 1.165) is 0 Å². The van der Waals surface area contributed by atoms with Gasteiger partial charge in [-0.3, -0.25) is 4.79 Å². The summed E-state index contributed by atoms with van der Waals surface area (Å²) in [7, 11) is 0. The van der Waals surface area contributed by atoms with Crippen LogP contribution < -0.4 is 5.32 Å². The molecule has 0 saturated heterocycles. The number of nitrogens with zero attached hydrogens (tertiary/aromatic N) is 1. The van der Waals surface area contributed by atoms with Crippen LogP contribution in [0.5, 0.6) is 0 Å². The number of carbonyl (C=O) groups is 2. The van der Waals surface area contributed by atoms with Gasteiger partial charge in [0.05, 0.1) is 6.33 Å². The van der Waals surface area contributed by atoms with Crippen molar-refractivity contribution in [2.75, 3.05) is 0 Å². The van der Waals surface area contributed by atoms with Crippen LogP contribution in [0.15, 0.2) is 36.8 Å². The van der Waals surface area contributed by atoms with Gasteiger partial charge in [-0.2, -0.15) is 0 Å². The minimum absolute atomic E-state index is 0.127. The molecule has 20 heavy (non-hydrogen) atoms. The Morgan fingerprint density at radius 2 is 2.25 bits per heavy atom. The Kier molecular flexibility index (Phi) is 4.37. The zero-order chi connectivity index (χ0) is 14.5. The van der Waals surface area contributed by atoms with Crippen molar-refractivity contribution in [3.8, 4) is 0 Å². The zero-order valence-electron chi connectivity index (χ0n) is 10.3. The first kappa shape index (κ1) is 14.1. The number of benzene rings is 1. The number of hydrogen-bond donors (Lipinski definition) is 3. The first-order valence-corrected chi connectivity index (χ1v) is 6.20. The zero-order valence-corrected chi connectivity index (χ0v) is 11.1. The molecule has 1 heterocycles. The van der Waals surface area contributed by atoms with E-state index >= 15 is 0 Å². The third-order valence-electron chi connectivity index (χ3n) is 2.67. The fourth-order valence-corrected chi connectivity index (χ4v) is 1.88. The summed E-state index contributed by atoms with van der Waals surface area (Å²) < 4.78 is 0. The van der Waals surface area contributed by atoms with Crippen LogP contribution in [0.1, 0.15) is 16.1 Å². The topological polar surface area (TPSA) is 95.1 Å². The number of amides is 1. The molecule has 0 unspecified atom stereocenters. The highest BCUT2D eigenvalue weighted by molar-refractivity contribution is 6.30. The number of carboxylic acid groups (broad SMARTS) is 1. The maximum absolute atomic E-state index is 12.0.